The van der Waals surface area contributed by atoms with Gasteiger partial charge in [0.25, 0.3) is 0 Å². The van der Waals surface area contributed by atoms with Gasteiger partial charge in [0.05, 0.1) is 0 Å². The van der Waals surface area contributed by atoms with Crippen LogP contribution in [0.25, 0.3) is 5.82 Å². The van der Waals surface area contributed by atoms with Crippen molar-refractivity contribution >= 4 is 17.2 Å². The number of carbonyl (C=O) groups excluding carboxylic acids is 1. The lowest BCUT2D eigenvalue weighted by atomic mass is 10.2. The third-order valence-corrected chi connectivity index (χ3v) is 4.18. The van der Waals surface area contributed by atoms with Crippen molar-refractivity contribution in [3.63, 3.8) is 0 Å². The molecule has 0 aliphatic carbocycles. The number of aromatic nitrogens is 3. The molecule has 1 amide bonds. The average Bonchev–Trinajstić information content (AvgIpc) is 3.24. The van der Waals surface area contributed by atoms with Gasteiger partial charge in [-0.25, -0.2) is 9.97 Å². The van der Waals surface area contributed by atoms with Crippen molar-refractivity contribution in [3.05, 3.63) is 65.0 Å². The summed E-state index contributed by atoms with van der Waals surface area (Å²) in [5, 5.41) is 4.98. The van der Waals surface area contributed by atoms with Crippen LogP contribution in [0.15, 0.2) is 54.6 Å². The van der Waals surface area contributed by atoms with Gasteiger partial charge < -0.3 is 5.32 Å². The third kappa shape index (κ3) is 3.79. The molecule has 0 aliphatic heterocycles. The maximum atomic E-state index is 11.9. The van der Waals surface area contributed by atoms with Crippen molar-refractivity contribution in [3.8, 4) is 5.82 Å². The lowest BCUT2D eigenvalue weighted by molar-refractivity contribution is -0.121. The minimum absolute atomic E-state index is 0.0643. The predicted octanol–water partition coefficient (Wildman–Crippen LogP) is 2.58. The molecular formula is C16H16N4OS. The second-order valence-electron chi connectivity index (χ2n) is 4.85. The maximum absolute atomic E-state index is 11.9. The van der Waals surface area contributed by atoms with E-state index in [4.69, 9.17) is 0 Å². The zero-order chi connectivity index (χ0) is 15.2. The van der Waals surface area contributed by atoms with E-state index in [9.17, 15) is 4.79 Å². The van der Waals surface area contributed by atoms with E-state index in [-0.39, 0.29) is 5.91 Å². The number of aryl methyl sites for hydroxylation is 1. The van der Waals surface area contributed by atoms with Gasteiger partial charge in [0.15, 0.2) is 0 Å². The summed E-state index contributed by atoms with van der Waals surface area (Å²) in [6, 6.07) is 7.91. The number of amides is 1. The molecule has 0 saturated heterocycles. The second-order valence-corrected chi connectivity index (χ2v) is 5.88. The highest BCUT2D eigenvalue weighted by Crippen LogP contribution is 2.11. The zero-order valence-corrected chi connectivity index (χ0v) is 12.8. The number of pyridine rings is 1. The number of carbonyl (C=O) groups is 1. The van der Waals surface area contributed by atoms with Gasteiger partial charge in [-0.3, -0.25) is 9.36 Å². The molecular weight excluding hydrogens is 296 g/mol. The topological polar surface area (TPSA) is 59.8 Å². The van der Waals surface area contributed by atoms with Crippen LogP contribution in [0.4, 0.5) is 0 Å². The number of thiophene rings is 1. The first kappa shape index (κ1) is 14.5. The Morgan fingerprint density at radius 3 is 3.05 bits per heavy atom. The molecule has 1 N–H and O–H groups in total. The van der Waals surface area contributed by atoms with Gasteiger partial charge in [-0.1, -0.05) is 6.07 Å². The van der Waals surface area contributed by atoms with Gasteiger partial charge in [0.2, 0.25) is 5.91 Å². The molecule has 3 heterocycles. The van der Waals surface area contributed by atoms with Crippen LogP contribution >= 0.6 is 11.3 Å². The van der Waals surface area contributed by atoms with E-state index in [0.717, 1.165) is 17.8 Å². The number of nitrogens with zero attached hydrogens (tertiary/aromatic N) is 3. The quantitative estimate of drug-likeness (QED) is 0.761. The fourth-order valence-electron chi connectivity index (χ4n) is 2.09. The van der Waals surface area contributed by atoms with E-state index in [0.29, 0.717) is 13.0 Å². The molecule has 0 aliphatic rings. The third-order valence-electron chi connectivity index (χ3n) is 3.25. The van der Waals surface area contributed by atoms with E-state index in [1.807, 2.05) is 34.3 Å². The van der Waals surface area contributed by atoms with Crippen molar-refractivity contribution in [2.24, 2.45) is 0 Å². The number of hydrogen-bond donors (Lipinski definition) is 1. The van der Waals surface area contributed by atoms with E-state index in [1.54, 1.807) is 30.1 Å². The Kier molecular flexibility index (Phi) is 4.60. The van der Waals surface area contributed by atoms with Gasteiger partial charge in [-0.2, -0.15) is 0 Å². The Balaban J connectivity index is 1.53. The van der Waals surface area contributed by atoms with Crippen molar-refractivity contribution in [2.45, 2.75) is 19.4 Å². The monoisotopic (exact) mass is 312 g/mol. The number of nitrogens with one attached hydrogen (secondary N) is 1. The van der Waals surface area contributed by atoms with Crippen molar-refractivity contribution in [1.29, 1.82) is 0 Å². The van der Waals surface area contributed by atoms with E-state index in [2.05, 4.69) is 21.4 Å². The van der Waals surface area contributed by atoms with Gasteiger partial charge in [0, 0.05) is 36.4 Å². The molecule has 3 aromatic heterocycles. The van der Waals surface area contributed by atoms with Crippen LogP contribution in [0.2, 0.25) is 0 Å². The molecule has 112 valence electrons. The van der Waals surface area contributed by atoms with Gasteiger partial charge in [0.1, 0.15) is 12.1 Å². The van der Waals surface area contributed by atoms with Crippen LogP contribution in [-0.2, 0) is 17.8 Å². The fraction of sp³-hybridized carbons (Fsp3) is 0.188. The molecule has 0 saturated carbocycles. The summed E-state index contributed by atoms with van der Waals surface area (Å²) >= 11 is 1.68. The van der Waals surface area contributed by atoms with Crippen molar-refractivity contribution in [1.82, 2.24) is 19.9 Å². The summed E-state index contributed by atoms with van der Waals surface area (Å²) in [5.74, 6) is 0.859. The molecule has 0 radical (unpaired) electrons. The van der Waals surface area contributed by atoms with Crippen LogP contribution in [0.5, 0.6) is 0 Å². The normalized spacial score (nSPS) is 10.5. The zero-order valence-electron chi connectivity index (χ0n) is 12.0. The van der Waals surface area contributed by atoms with E-state index >= 15 is 0 Å². The summed E-state index contributed by atoms with van der Waals surface area (Å²) in [6.45, 7) is 0.507. The first-order valence-electron chi connectivity index (χ1n) is 7.03. The van der Waals surface area contributed by atoms with Crippen LogP contribution in [0.3, 0.4) is 0 Å². The fourth-order valence-corrected chi connectivity index (χ4v) is 2.80. The van der Waals surface area contributed by atoms with Crippen LogP contribution in [0, 0.1) is 0 Å². The smallest absolute Gasteiger partial charge is 0.220 e. The summed E-state index contributed by atoms with van der Waals surface area (Å²) in [7, 11) is 0. The van der Waals surface area contributed by atoms with Crippen molar-refractivity contribution in [2.75, 3.05) is 0 Å². The van der Waals surface area contributed by atoms with Crippen LogP contribution in [0.1, 0.15) is 16.9 Å². The highest BCUT2D eigenvalue weighted by atomic mass is 32.1. The Morgan fingerprint density at radius 2 is 2.27 bits per heavy atom. The van der Waals surface area contributed by atoms with Crippen molar-refractivity contribution < 1.29 is 4.79 Å². The lowest BCUT2D eigenvalue weighted by Crippen LogP contribution is -2.23. The van der Waals surface area contributed by atoms with Crippen LogP contribution in [-0.4, -0.2) is 20.4 Å². The van der Waals surface area contributed by atoms with E-state index in [1.165, 1.54) is 4.88 Å². The number of imidazole rings is 1. The standard InChI is InChI=1S/C16H16N4OS/c21-16(4-3-14-2-1-9-22-14)19-11-13-5-6-18-15(10-13)20-8-7-17-12-20/h1-2,5-10,12H,3-4,11H2,(H,19,21). The summed E-state index contributed by atoms with van der Waals surface area (Å²) in [4.78, 5) is 21.4. The minimum Gasteiger partial charge on any atom is -0.352 e. The molecule has 3 rings (SSSR count). The molecule has 5 nitrogen and oxygen atoms in total. The molecule has 0 spiro atoms. The van der Waals surface area contributed by atoms with Crippen LogP contribution < -0.4 is 5.32 Å². The Labute approximate surface area is 132 Å². The SMILES string of the molecule is O=C(CCc1cccs1)NCc1ccnc(-n2ccnc2)c1. The number of rotatable bonds is 6. The molecule has 0 aromatic carbocycles. The largest absolute Gasteiger partial charge is 0.352 e. The molecule has 0 atom stereocenters. The Morgan fingerprint density at radius 1 is 1.32 bits per heavy atom. The second kappa shape index (κ2) is 7.00. The molecule has 0 unspecified atom stereocenters. The molecule has 3 aromatic rings. The Bertz CT molecular complexity index is 722. The van der Waals surface area contributed by atoms with Gasteiger partial charge >= 0.3 is 0 Å². The average molecular weight is 312 g/mol. The summed E-state index contributed by atoms with van der Waals surface area (Å²) in [6.07, 6.45) is 8.29. The summed E-state index contributed by atoms with van der Waals surface area (Å²) < 4.78 is 1.84. The lowest BCUT2D eigenvalue weighted by Gasteiger charge is -2.07. The molecule has 6 heteroatoms. The van der Waals surface area contributed by atoms with E-state index < -0.39 is 0 Å². The number of hydrogen-bond acceptors (Lipinski definition) is 4. The molecule has 0 fully saturated rings. The highest BCUT2D eigenvalue weighted by molar-refractivity contribution is 7.09. The predicted molar refractivity (Wildman–Crippen MR) is 85.8 cm³/mol. The summed E-state index contributed by atoms with van der Waals surface area (Å²) in [5.41, 5.74) is 1.02. The molecule has 0 bridgehead atoms. The highest BCUT2D eigenvalue weighted by Gasteiger charge is 2.04. The molecule has 22 heavy (non-hydrogen) atoms. The first-order chi connectivity index (χ1) is 10.8. The maximum Gasteiger partial charge on any atom is 0.220 e. The Hall–Kier alpha value is -2.47. The van der Waals surface area contributed by atoms with Gasteiger partial charge in [-0.15, -0.1) is 11.3 Å². The van der Waals surface area contributed by atoms with Gasteiger partial charge in [-0.05, 0) is 35.6 Å². The minimum atomic E-state index is 0.0643. The first-order valence-corrected chi connectivity index (χ1v) is 7.91.